The minimum Gasteiger partial charge on any atom is -0.357 e. The SMILES string of the molecule is CCC(O)(O)SS. The minimum atomic E-state index is -1.64. The van der Waals surface area contributed by atoms with E-state index >= 15 is 0 Å². The molecule has 0 saturated carbocycles. The number of hydrogen-bond donors (Lipinski definition) is 3. The van der Waals surface area contributed by atoms with Gasteiger partial charge in [0, 0.05) is 6.42 Å². The molecule has 4 heteroatoms. The van der Waals surface area contributed by atoms with E-state index in [9.17, 15) is 0 Å². The van der Waals surface area contributed by atoms with E-state index in [1.165, 1.54) is 0 Å². The van der Waals surface area contributed by atoms with Gasteiger partial charge in [-0.3, -0.25) is 0 Å². The molecular formula is C3H8O2S2. The molecule has 0 saturated heterocycles. The molecule has 0 aliphatic heterocycles. The monoisotopic (exact) mass is 140 g/mol. The normalized spacial score (nSPS) is 12.0. The Morgan fingerprint density at radius 1 is 1.71 bits per heavy atom. The van der Waals surface area contributed by atoms with Crippen molar-refractivity contribution in [3.8, 4) is 0 Å². The molecule has 0 spiro atoms. The lowest BCUT2D eigenvalue weighted by atomic mass is 10.5. The van der Waals surface area contributed by atoms with Crippen LogP contribution < -0.4 is 0 Å². The van der Waals surface area contributed by atoms with Crippen LogP contribution in [0.1, 0.15) is 13.3 Å². The molecule has 0 unspecified atom stereocenters. The first kappa shape index (κ1) is 7.62. The summed E-state index contributed by atoms with van der Waals surface area (Å²) in [6.45, 7) is 1.67. The Morgan fingerprint density at radius 3 is 2.14 bits per heavy atom. The first-order valence-corrected chi connectivity index (χ1v) is 3.76. The van der Waals surface area contributed by atoms with Crippen molar-refractivity contribution in [2.75, 3.05) is 0 Å². The van der Waals surface area contributed by atoms with Gasteiger partial charge in [-0.05, 0) is 10.8 Å². The van der Waals surface area contributed by atoms with Gasteiger partial charge in [-0.25, -0.2) is 0 Å². The maximum absolute atomic E-state index is 8.57. The standard InChI is InChI=1S/C3H8O2S2/c1-2-3(4,5)7-6/h4-6H,2H2,1H3. The fourth-order valence-electron chi connectivity index (χ4n) is 0.0645. The van der Waals surface area contributed by atoms with Crippen LogP contribution in [0.5, 0.6) is 0 Å². The van der Waals surface area contributed by atoms with Crippen LogP contribution in [0.2, 0.25) is 0 Å². The molecule has 7 heavy (non-hydrogen) atoms. The van der Waals surface area contributed by atoms with Gasteiger partial charge >= 0.3 is 0 Å². The van der Waals surface area contributed by atoms with Gasteiger partial charge in [0.05, 0.1) is 0 Å². The van der Waals surface area contributed by atoms with Crippen LogP contribution in [0.4, 0.5) is 0 Å². The van der Waals surface area contributed by atoms with Crippen LogP contribution in [0.3, 0.4) is 0 Å². The quantitative estimate of drug-likeness (QED) is 0.299. The summed E-state index contributed by atoms with van der Waals surface area (Å²) in [5.41, 5.74) is 0. The van der Waals surface area contributed by atoms with Crippen LogP contribution in [-0.4, -0.2) is 15.3 Å². The first-order valence-electron chi connectivity index (χ1n) is 1.89. The van der Waals surface area contributed by atoms with Crippen molar-refractivity contribution in [2.24, 2.45) is 0 Å². The highest BCUT2D eigenvalue weighted by Crippen LogP contribution is 2.24. The molecule has 0 radical (unpaired) electrons. The zero-order chi connectivity index (χ0) is 5.91. The fourth-order valence-corrected chi connectivity index (χ4v) is 0.581. The zero-order valence-electron chi connectivity index (χ0n) is 3.96. The Bertz CT molecular complexity index is 48.9. The van der Waals surface area contributed by atoms with Gasteiger partial charge in [-0.15, -0.1) is 11.7 Å². The molecule has 2 nitrogen and oxygen atoms in total. The van der Waals surface area contributed by atoms with Crippen LogP contribution >= 0.6 is 22.5 Å². The van der Waals surface area contributed by atoms with Crippen molar-refractivity contribution < 1.29 is 10.2 Å². The van der Waals surface area contributed by atoms with Crippen molar-refractivity contribution >= 4 is 22.5 Å². The highest BCUT2D eigenvalue weighted by Gasteiger charge is 2.17. The molecule has 0 fully saturated rings. The number of thiol groups is 1. The molecule has 2 N–H and O–H groups in total. The van der Waals surface area contributed by atoms with Crippen LogP contribution in [-0.2, 0) is 0 Å². The summed E-state index contributed by atoms with van der Waals surface area (Å²) < 4.78 is 0. The molecule has 44 valence electrons. The number of rotatable bonds is 2. The molecule has 0 aromatic heterocycles. The lowest BCUT2D eigenvalue weighted by molar-refractivity contribution is -0.0760. The van der Waals surface area contributed by atoms with E-state index in [-0.39, 0.29) is 0 Å². The van der Waals surface area contributed by atoms with Crippen molar-refractivity contribution in [1.29, 1.82) is 0 Å². The van der Waals surface area contributed by atoms with Gasteiger partial charge in [0.15, 0.2) is 0 Å². The summed E-state index contributed by atoms with van der Waals surface area (Å²) >= 11 is 3.60. The van der Waals surface area contributed by atoms with Gasteiger partial charge in [0.2, 0.25) is 5.12 Å². The van der Waals surface area contributed by atoms with Crippen LogP contribution in [0, 0.1) is 0 Å². The summed E-state index contributed by atoms with van der Waals surface area (Å²) in [5.74, 6) is 0. The molecule has 0 aromatic carbocycles. The predicted octanol–water partition coefficient (Wildman–Crippen LogP) is 0.613. The van der Waals surface area contributed by atoms with Crippen molar-refractivity contribution in [1.82, 2.24) is 0 Å². The predicted molar refractivity (Wildman–Crippen MR) is 34.0 cm³/mol. The molecular weight excluding hydrogens is 132 g/mol. The maximum Gasteiger partial charge on any atom is 0.222 e. The van der Waals surface area contributed by atoms with Crippen LogP contribution in [0.25, 0.3) is 0 Å². The minimum absolute atomic E-state index is 0.293. The maximum atomic E-state index is 8.57. The smallest absolute Gasteiger partial charge is 0.222 e. The van der Waals surface area contributed by atoms with Gasteiger partial charge in [0.25, 0.3) is 0 Å². The van der Waals surface area contributed by atoms with Crippen LogP contribution in [0.15, 0.2) is 0 Å². The van der Waals surface area contributed by atoms with Crippen molar-refractivity contribution in [3.63, 3.8) is 0 Å². The highest BCUT2D eigenvalue weighted by molar-refractivity contribution is 8.69. The Labute approximate surface area is 51.7 Å². The molecule has 0 rings (SSSR count). The van der Waals surface area contributed by atoms with Gasteiger partial charge in [-0.1, -0.05) is 6.92 Å². The molecule has 0 atom stereocenters. The third-order valence-corrected chi connectivity index (χ3v) is 2.07. The van der Waals surface area contributed by atoms with E-state index in [1.54, 1.807) is 6.92 Å². The Hall–Kier alpha value is 0.620. The molecule has 0 heterocycles. The fraction of sp³-hybridized carbons (Fsp3) is 1.00. The van der Waals surface area contributed by atoms with E-state index in [4.69, 9.17) is 10.2 Å². The average Bonchev–Trinajstić information content (AvgIpc) is 1.68. The largest absolute Gasteiger partial charge is 0.357 e. The Kier molecular flexibility index (Phi) is 3.06. The second kappa shape index (κ2) is 2.81. The molecule has 0 bridgehead atoms. The Balaban J connectivity index is 3.36. The van der Waals surface area contributed by atoms with Crippen molar-refractivity contribution in [2.45, 2.75) is 18.5 Å². The summed E-state index contributed by atoms with van der Waals surface area (Å²) in [6.07, 6.45) is 0.293. The first-order chi connectivity index (χ1) is 3.12. The van der Waals surface area contributed by atoms with E-state index in [0.717, 1.165) is 10.8 Å². The van der Waals surface area contributed by atoms with Gasteiger partial charge in [0.1, 0.15) is 0 Å². The van der Waals surface area contributed by atoms with Gasteiger partial charge < -0.3 is 10.2 Å². The van der Waals surface area contributed by atoms with Gasteiger partial charge in [-0.2, -0.15) is 0 Å². The number of hydrogen-bond acceptors (Lipinski definition) is 4. The Morgan fingerprint density at radius 2 is 2.14 bits per heavy atom. The molecule has 0 aliphatic rings. The summed E-state index contributed by atoms with van der Waals surface area (Å²) in [5, 5.41) is 15.5. The topological polar surface area (TPSA) is 40.5 Å². The van der Waals surface area contributed by atoms with E-state index in [2.05, 4.69) is 11.7 Å². The summed E-state index contributed by atoms with van der Waals surface area (Å²) in [7, 11) is 0.733. The lowest BCUT2D eigenvalue weighted by Gasteiger charge is -2.13. The number of aliphatic hydroxyl groups is 2. The third kappa shape index (κ3) is 3.22. The molecule has 0 aliphatic carbocycles. The molecule has 0 amide bonds. The lowest BCUT2D eigenvalue weighted by Crippen LogP contribution is -2.19. The molecule has 0 aromatic rings. The average molecular weight is 140 g/mol. The second-order valence-electron chi connectivity index (χ2n) is 1.19. The van der Waals surface area contributed by atoms with Crippen molar-refractivity contribution in [3.05, 3.63) is 0 Å². The van der Waals surface area contributed by atoms with E-state index in [1.807, 2.05) is 0 Å². The van der Waals surface area contributed by atoms with E-state index < -0.39 is 5.12 Å². The highest BCUT2D eigenvalue weighted by atomic mass is 33.1. The zero-order valence-corrected chi connectivity index (χ0v) is 5.67. The summed E-state index contributed by atoms with van der Waals surface area (Å²) in [6, 6.07) is 0. The summed E-state index contributed by atoms with van der Waals surface area (Å²) in [4.78, 5) is 0. The van der Waals surface area contributed by atoms with E-state index in [0.29, 0.717) is 6.42 Å². The third-order valence-electron chi connectivity index (χ3n) is 0.607. The second-order valence-corrected chi connectivity index (χ2v) is 2.57.